The average Bonchev–Trinajstić information content (AvgIpc) is 2.26. The molecule has 0 aliphatic rings. The van der Waals surface area contributed by atoms with Crippen LogP contribution in [0.3, 0.4) is 0 Å². The lowest BCUT2D eigenvalue weighted by Crippen LogP contribution is -2.02. The molecule has 80 valence electrons. The van der Waals surface area contributed by atoms with Gasteiger partial charge < -0.3 is 9.84 Å². The number of nitriles is 1. The lowest BCUT2D eigenvalue weighted by atomic mass is 10.1. The first-order chi connectivity index (χ1) is 7.15. The quantitative estimate of drug-likeness (QED) is 0.825. The Bertz CT molecular complexity index is 402. The van der Waals surface area contributed by atoms with Crippen molar-refractivity contribution in [1.29, 1.82) is 5.26 Å². The molecule has 0 unspecified atom stereocenters. The van der Waals surface area contributed by atoms with Gasteiger partial charge in [-0.05, 0) is 0 Å². The van der Waals surface area contributed by atoms with Crippen molar-refractivity contribution in [2.45, 2.75) is 13.0 Å². The van der Waals surface area contributed by atoms with Crippen molar-refractivity contribution in [2.24, 2.45) is 0 Å². The minimum absolute atomic E-state index is 0.0680. The lowest BCUT2D eigenvalue weighted by Gasteiger charge is -2.10. The van der Waals surface area contributed by atoms with Crippen LogP contribution in [-0.4, -0.2) is 17.2 Å². The van der Waals surface area contributed by atoms with Crippen molar-refractivity contribution in [2.75, 3.05) is 7.11 Å². The summed E-state index contributed by atoms with van der Waals surface area (Å²) in [5, 5.41) is 17.6. The summed E-state index contributed by atoms with van der Waals surface area (Å²) in [6.45, 7) is -0.471. The van der Waals surface area contributed by atoms with E-state index in [0.29, 0.717) is 0 Å². The van der Waals surface area contributed by atoms with E-state index in [2.05, 4.69) is 4.98 Å². The van der Waals surface area contributed by atoms with Crippen molar-refractivity contribution < 1.29 is 18.6 Å². The fourth-order valence-electron chi connectivity index (χ4n) is 1.16. The summed E-state index contributed by atoms with van der Waals surface area (Å²) in [4.78, 5) is 3.59. The highest BCUT2D eigenvalue weighted by atomic mass is 19.3. The van der Waals surface area contributed by atoms with Crippen LogP contribution in [0.1, 0.15) is 23.2 Å². The third kappa shape index (κ3) is 2.02. The standard InChI is InChI=1S/C9H8F2N2O2/c1-15-8-5(2-12)6(9(10)11)3-13-7(8)4-14/h3,9,14H,4H2,1H3. The summed E-state index contributed by atoms with van der Waals surface area (Å²) >= 11 is 0. The highest BCUT2D eigenvalue weighted by Crippen LogP contribution is 2.30. The largest absolute Gasteiger partial charge is 0.493 e. The molecule has 0 saturated carbocycles. The lowest BCUT2D eigenvalue weighted by molar-refractivity contribution is 0.150. The molecule has 0 aliphatic heterocycles. The number of nitrogens with zero attached hydrogens (tertiary/aromatic N) is 2. The summed E-state index contributed by atoms with van der Waals surface area (Å²) in [7, 11) is 1.23. The second-order valence-corrected chi connectivity index (χ2v) is 2.64. The number of ether oxygens (including phenoxy) is 1. The molecule has 0 saturated heterocycles. The van der Waals surface area contributed by atoms with Crippen molar-refractivity contribution in [3.8, 4) is 11.8 Å². The Balaban J connectivity index is 3.43. The smallest absolute Gasteiger partial charge is 0.266 e. The number of aromatic nitrogens is 1. The predicted molar refractivity (Wildman–Crippen MR) is 46.4 cm³/mol. The van der Waals surface area contributed by atoms with Gasteiger partial charge in [0.25, 0.3) is 6.43 Å². The minimum atomic E-state index is -2.80. The molecule has 1 rings (SSSR count). The van der Waals surface area contributed by atoms with E-state index in [-0.39, 0.29) is 17.0 Å². The maximum Gasteiger partial charge on any atom is 0.266 e. The molecule has 0 bridgehead atoms. The number of aliphatic hydroxyl groups excluding tert-OH is 1. The monoisotopic (exact) mass is 214 g/mol. The van der Waals surface area contributed by atoms with Gasteiger partial charge in [0.1, 0.15) is 17.3 Å². The molecule has 1 N–H and O–H groups in total. The van der Waals surface area contributed by atoms with E-state index in [9.17, 15) is 8.78 Å². The molecular formula is C9H8F2N2O2. The molecule has 15 heavy (non-hydrogen) atoms. The topological polar surface area (TPSA) is 66.1 Å². The van der Waals surface area contributed by atoms with Crippen LogP contribution in [0.15, 0.2) is 6.20 Å². The summed E-state index contributed by atoms with van der Waals surface area (Å²) in [6, 6.07) is 1.62. The molecule has 0 aliphatic carbocycles. The number of aliphatic hydroxyl groups is 1. The maximum atomic E-state index is 12.5. The number of hydrogen-bond acceptors (Lipinski definition) is 4. The Morgan fingerprint density at radius 3 is 2.73 bits per heavy atom. The minimum Gasteiger partial charge on any atom is -0.493 e. The Morgan fingerprint density at radius 1 is 1.67 bits per heavy atom. The Kier molecular flexibility index (Phi) is 3.52. The van der Waals surface area contributed by atoms with Crippen LogP contribution in [0.25, 0.3) is 0 Å². The number of hydrogen-bond donors (Lipinski definition) is 1. The van der Waals surface area contributed by atoms with Crippen molar-refractivity contribution in [1.82, 2.24) is 4.98 Å². The third-order valence-corrected chi connectivity index (χ3v) is 1.84. The SMILES string of the molecule is COc1c(CO)ncc(C(F)F)c1C#N. The number of pyridine rings is 1. The molecule has 4 nitrogen and oxygen atoms in total. The summed E-state index contributed by atoms with van der Waals surface area (Å²) in [5.74, 6) is -0.0993. The fraction of sp³-hybridized carbons (Fsp3) is 0.333. The molecule has 1 aromatic heterocycles. The van der Waals surface area contributed by atoms with Gasteiger partial charge in [-0.1, -0.05) is 0 Å². The number of rotatable bonds is 3. The number of alkyl halides is 2. The van der Waals surface area contributed by atoms with Crippen LogP contribution in [0.2, 0.25) is 0 Å². The van der Waals surface area contributed by atoms with Gasteiger partial charge in [-0.15, -0.1) is 0 Å². The van der Waals surface area contributed by atoms with Gasteiger partial charge in [-0.2, -0.15) is 5.26 Å². The van der Waals surface area contributed by atoms with E-state index in [1.807, 2.05) is 0 Å². The van der Waals surface area contributed by atoms with Gasteiger partial charge >= 0.3 is 0 Å². The number of methoxy groups -OCH3 is 1. The number of halogens is 2. The zero-order valence-corrected chi connectivity index (χ0v) is 7.87. The summed E-state index contributed by atoms with van der Waals surface area (Å²) in [5.41, 5.74) is -0.712. The van der Waals surface area contributed by atoms with Gasteiger partial charge in [0.15, 0.2) is 5.75 Å². The van der Waals surface area contributed by atoms with E-state index in [0.717, 1.165) is 6.20 Å². The van der Waals surface area contributed by atoms with Gasteiger partial charge in [0.2, 0.25) is 0 Å². The highest BCUT2D eigenvalue weighted by Gasteiger charge is 2.20. The summed E-state index contributed by atoms with van der Waals surface area (Å²) in [6.07, 6.45) is -1.93. The van der Waals surface area contributed by atoms with E-state index in [1.54, 1.807) is 6.07 Å². The van der Waals surface area contributed by atoms with Crippen LogP contribution < -0.4 is 4.74 Å². The Morgan fingerprint density at radius 2 is 2.33 bits per heavy atom. The highest BCUT2D eigenvalue weighted by molar-refractivity contribution is 5.50. The molecule has 0 fully saturated rings. The molecule has 0 aromatic carbocycles. The predicted octanol–water partition coefficient (Wildman–Crippen LogP) is 1.39. The van der Waals surface area contributed by atoms with Crippen molar-refractivity contribution >= 4 is 0 Å². The Labute approximate surface area is 84.7 Å². The van der Waals surface area contributed by atoms with Gasteiger partial charge in [-0.3, -0.25) is 4.98 Å². The van der Waals surface area contributed by atoms with Gasteiger partial charge in [0.05, 0.1) is 19.3 Å². The molecule has 0 amide bonds. The van der Waals surface area contributed by atoms with Gasteiger partial charge in [0, 0.05) is 6.20 Å². The van der Waals surface area contributed by atoms with E-state index < -0.39 is 18.6 Å². The molecule has 6 heteroatoms. The van der Waals surface area contributed by atoms with E-state index >= 15 is 0 Å². The molecule has 1 aromatic rings. The van der Waals surface area contributed by atoms with Crippen molar-refractivity contribution in [3.63, 3.8) is 0 Å². The first kappa shape index (κ1) is 11.3. The second kappa shape index (κ2) is 4.66. The molecular weight excluding hydrogens is 206 g/mol. The first-order valence-corrected chi connectivity index (χ1v) is 4.00. The van der Waals surface area contributed by atoms with Crippen molar-refractivity contribution in [3.05, 3.63) is 23.0 Å². The zero-order valence-electron chi connectivity index (χ0n) is 7.87. The van der Waals surface area contributed by atoms with Crippen LogP contribution in [-0.2, 0) is 6.61 Å². The van der Waals surface area contributed by atoms with Gasteiger partial charge in [-0.25, -0.2) is 8.78 Å². The van der Waals surface area contributed by atoms with E-state index in [4.69, 9.17) is 15.1 Å². The van der Waals surface area contributed by atoms with Crippen LogP contribution in [0, 0.1) is 11.3 Å². The van der Waals surface area contributed by atoms with Crippen LogP contribution in [0.5, 0.6) is 5.75 Å². The summed E-state index contributed by atoms with van der Waals surface area (Å²) < 4.78 is 29.7. The Hall–Kier alpha value is -1.74. The molecule has 0 radical (unpaired) electrons. The first-order valence-electron chi connectivity index (χ1n) is 4.00. The van der Waals surface area contributed by atoms with Crippen LogP contribution in [0.4, 0.5) is 8.78 Å². The normalized spacial score (nSPS) is 10.1. The average molecular weight is 214 g/mol. The molecule has 0 atom stereocenters. The second-order valence-electron chi connectivity index (χ2n) is 2.64. The third-order valence-electron chi connectivity index (χ3n) is 1.84. The molecule has 1 heterocycles. The van der Waals surface area contributed by atoms with E-state index in [1.165, 1.54) is 7.11 Å². The maximum absolute atomic E-state index is 12.5. The molecule has 0 spiro atoms. The zero-order chi connectivity index (χ0) is 11.4. The fourth-order valence-corrected chi connectivity index (χ4v) is 1.16. The van der Waals surface area contributed by atoms with Crippen LogP contribution >= 0.6 is 0 Å².